The highest BCUT2D eigenvalue weighted by Crippen LogP contribution is 2.22. The van der Waals surface area contributed by atoms with Gasteiger partial charge in [0.05, 0.1) is 6.10 Å². The van der Waals surface area contributed by atoms with Gasteiger partial charge in [-0.1, -0.05) is 6.92 Å². The van der Waals surface area contributed by atoms with E-state index in [1.165, 1.54) is 0 Å². The van der Waals surface area contributed by atoms with Crippen LogP contribution in [-0.2, 0) is 4.74 Å². The van der Waals surface area contributed by atoms with Crippen LogP contribution in [0.3, 0.4) is 0 Å². The third-order valence-corrected chi connectivity index (χ3v) is 2.72. The number of rotatable bonds is 4. The van der Waals surface area contributed by atoms with E-state index in [4.69, 9.17) is 4.74 Å². The minimum absolute atomic E-state index is 0.0953. The number of hydrogen-bond acceptors (Lipinski definition) is 2. The Kier molecular flexibility index (Phi) is 5.04. The fourth-order valence-electron chi connectivity index (χ4n) is 1.84. The normalized spacial score (nSPS) is 24.7. The van der Waals surface area contributed by atoms with Crippen LogP contribution < -0.4 is 10.6 Å². The molecule has 17 heavy (non-hydrogen) atoms. The van der Waals surface area contributed by atoms with Gasteiger partial charge in [-0.05, 0) is 12.8 Å². The van der Waals surface area contributed by atoms with E-state index in [0.29, 0.717) is 13.2 Å². The summed E-state index contributed by atoms with van der Waals surface area (Å²) in [5.41, 5.74) is 0. The predicted molar refractivity (Wildman–Crippen MR) is 55.6 cm³/mol. The first kappa shape index (κ1) is 14.1. The molecule has 1 aliphatic rings. The molecule has 0 aliphatic carbocycles. The maximum absolute atomic E-state index is 11.8. The van der Waals surface area contributed by atoms with Crippen molar-refractivity contribution in [3.05, 3.63) is 0 Å². The Morgan fingerprint density at radius 1 is 1.41 bits per heavy atom. The van der Waals surface area contributed by atoms with Crippen molar-refractivity contribution >= 4 is 6.03 Å². The molecule has 1 aliphatic heterocycles. The van der Waals surface area contributed by atoms with E-state index in [2.05, 4.69) is 5.32 Å². The van der Waals surface area contributed by atoms with Crippen LogP contribution in [0, 0.1) is 5.92 Å². The maximum Gasteiger partial charge on any atom is 0.405 e. The molecule has 2 N–H and O–H groups in total. The number of carbonyl (C=O) groups is 1. The lowest BCUT2D eigenvalue weighted by Gasteiger charge is -2.17. The van der Waals surface area contributed by atoms with Crippen LogP contribution in [0.4, 0.5) is 18.0 Å². The molecule has 1 fully saturated rings. The lowest BCUT2D eigenvalue weighted by molar-refractivity contribution is -0.122. The van der Waals surface area contributed by atoms with E-state index < -0.39 is 18.8 Å². The molecule has 0 spiro atoms. The third kappa shape index (κ3) is 5.25. The van der Waals surface area contributed by atoms with Crippen molar-refractivity contribution in [3.63, 3.8) is 0 Å². The lowest BCUT2D eigenvalue weighted by Crippen LogP contribution is -2.43. The molecule has 100 valence electrons. The third-order valence-electron chi connectivity index (χ3n) is 2.72. The smallest absolute Gasteiger partial charge is 0.378 e. The molecule has 0 aromatic rings. The Morgan fingerprint density at radius 2 is 2.12 bits per heavy atom. The van der Waals surface area contributed by atoms with Crippen molar-refractivity contribution in [2.75, 3.05) is 19.7 Å². The number of nitrogens with one attached hydrogen (secondary N) is 2. The summed E-state index contributed by atoms with van der Waals surface area (Å²) in [6, 6.07) is -0.788. The number of ether oxygens (including phenoxy) is 1. The van der Waals surface area contributed by atoms with E-state index >= 15 is 0 Å². The van der Waals surface area contributed by atoms with Gasteiger partial charge in [0.2, 0.25) is 0 Å². The SMILES string of the molecule is CCC1OCCC1CNC(=O)NCC(F)(F)F. The minimum atomic E-state index is -4.38. The zero-order chi connectivity index (χ0) is 12.9. The van der Waals surface area contributed by atoms with Crippen LogP contribution >= 0.6 is 0 Å². The number of urea groups is 1. The van der Waals surface area contributed by atoms with Gasteiger partial charge in [-0.25, -0.2) is 4.79 Å². The van der Waals surface area contributed by atoms with Crippen LogP contribution in [0.2, 0.25) is 0 Å². The van der Waals surface area contributed by atoms with Crippen LogP contribution in [0.15, 0.2) is 0 Å². The van der Waals surface area contributed by atoms with Crippen LogP contribution in [0.25, 0.3) is 0 Å². The van der Waals surface area contributed by atoms with E-state index in [1.807, 2.05) is 6.92 Å². The standard InChI is InChI=1S/C10H17F3N2O2/c1-2-8-7(3-4-17-8)5-14-9(16)15-6-10(11,12)13/h7-8H,2-6H2,1H3,(H2,14,15,16). The number of halogens is 3. The molecule has 0 aromatic heterocycles. The van der Waals surface area contributed by atoms with Crippen LogP contribution in [0.1, 0.15) is 19.8 Å². The molecule has 0 saturated carbocycles. The summed E-state index contributed by atoms with van der Waals surface area (Å²) < 4.78 is 40.8. The Balaban J connectivity index is 2.19. The fraction of sp³-hybridized carbons (Fsp3) is 0.900. The molecule has 4 nitrogen and oxygen atoms in total. The average Bonchev–Trinajstić information content (AvgIpc) is 2.69. The van der Waals surface area contributed by atoms with Gasteiger partial charge in [-0.2, -0.15) is 13.2 Å². The summed E-state index contributed by atoms with van der Waals surface area (Å²) in [7, 11) is 0. The summed E-state index contributed by atoms with van der Waals surface area (Å²) in [6.07, 6.45) is -2.60. The van der Waals surface area contributed by atoms with E-state index in [1.54, 1.807) is 5.32 Å². The van der Waals surface area contributed by atoms with Gasteiger partial charge in [-0.15, -0.1) is 0 Å². The largest absolute Gasteiger partial charge is 0.405 e. The first-order valence-electron chi connectivity index (χ1n) is 5.62. The summed E-state index contributed by atoms with van der Waals surface area (Å²) in [5, 5.41) is 4.19. The fourth-order valence-corrected chi connectivity index (χ4v) is 1.84. The first-order chi connectivity index (χ1) is 7.92. The van der Waals surface area contributed by atoms with Crippen LogP contribution in [-0.4, -0.2) is 38.0 Å². The average molecular weight is 254 g/mol. The van der Waals surface area contributed by atoms with Crippen molar-refractivity contribution in [2.24, 2.45) is 5.92 Å². The van der Waals surface area contributed by atoms with Gasteiger partial charge >= 0.3 is 12.2 Å². The number of amides is 2. The summed E-state index contributed by atoms with van der Waals surface area (Å²) in [6.45, 7) is 1.67. The summed E-state index contributed by atoms with van der Waals surface area (Å²) in [5.74, 6) is 0.191. The van der Waals surface area contributed by atoms with Gasteiger partial charge in [0.15, 0.2) is 0 Å². The van der Waals surface area contributed by atoms with Crippen molar-refractivity contribution in [1.29, 1.82) is 0 Å². The molecule has 7 heteroatoms. The van der Waals surface area contributed by atoms with Crippen molar-refractivity contribution in [1.82, 2.24) is 10.6 Å². The highest BCUT2D eigenvalue weighted by Gasteiger charge is 2.29. The zero-order valence-electron chi connectivity index (χ0n) is 9.64. The summed E-state index contributed by atoms with van der Waals surface area (Å²) >= 11 is 0. The minimum Gasteiger partial charge on any atom is -0.378 e. The molecule has 2 unspecified atom stereocenters. The van der Waals surface area contributed by atoms with Gasteiger partial charge in [0, 0.05) is 19.1 Å². The molecular formula is C10H17F3N2O2. The molecule has 0 bridgehead atoms. The summed E-state index contributed by atoms with van der Waals surface area (Å²) in [4.78, 5) is 11.1. The molecule has 1 saturated heterocycles. The van der Waals surface area contributed by atoms with Gasteiger partial charge in [0.25, 0.3) is 0 Å². The molecule has 0 aromatic carbocycles. The second-order valence-electron chi connectivity index (χ2n) is 4.05. The number of hydrogen-bond donors (Lipinski definition) is 2. The topological polar surface area (TPSA) is 50.4 Å². The quantitative estimate of drug-likeness (QED) is 0.801. The van der Waals surface area contributed by atoms with Crippen molar-refractivity contribution in [3.8, 4) is 0 Å². The number of alkyl halides is 3. The van der Waals surface area contributed by atoms with Gasteiger partial charge in [-0.3, -0.25) is 0 Å². The first-order valence-corrected chi connectivity index (χ1v) is 5.62. The lowest BCUT2D eigenvalue weighted by atomic mass is 10.00. The molecule has 0 radical (unpaired) electrons. The molecular weight excluding hydrogens is 237 g/mol. The predicted octanol–water partition coefficient (Wildman–Crippen LogP) is 1.66. The Bertz CT molecular complexity index is 258. The van der Waals surface area contributed by atoms with Gasteiger partial charge in [0.1, 0.15) is 6.54 Å². The highest BCUT2D eigenvalue weighted by atomic mass is 19.4. The Morgan fingerprint density at radius 3 is 2.71 bits per heavy atom. The van der Waals surface area contributed by atoms with E-state index in [9.17, 15) is 18.0 Å². The Hall–Kier alpha value is -0.980. The van der Waals surface area contributed by atoms with Crippen molar-refractivity contribution < 1.29 is 22.7 Å². The molecule has 2 atom stereocenters. The van der Waals surface area contributed by atoms with E-state index in [0.717, 1.165) is 12.8 Å². The van der Waals surface area contributed by atoms with Crippen LogP contribution in [0.5, 0.6) is 0 Å². The van der Waals surface area contributed by atoms with E-state index in [-0.39, 0.29) is 12.0 Å². The molecule has 1 rings (SSSR count). The van der Waals surface area contributed by atoms with Crippen molar-refractivity contribution in [2.45, 2.75) is 32.0 Å². The second-order valence-corrected chi connectivity index (χ2v) is 4.05. The van der Waals surface area contributed by atoms with Gasteiger partial charge < -0.3 is 15.4 Å². The maximum atomic E-state index is 11.8. The number of carbonyl (C=O) groups excluding carboxylic acids is 1. The highest BCUT2D eigenvalue weighted by molar-refractivity contribution is 5.73. The monoisotopic (exact) mass is 254 g/mol. The molecule has 2 amide bonds. The second kappa shape index (κ2) is 6.09. The molecule has 1 heterocycles. The Labute approximate surface area is 97.9 Å². The zero-order valence-corrected chi connectivity index (χ0v) is 9.64.